The molecule has 54 heavy (non-hydrogen) atoms. The summed E-state index contributed by atoms with van der Waals surface area (Å²) in [4.78, 5) is 0. The molecule has 326 valence electrons. The van der Waals surface area contributed by atoms with Gasteiger partial charge in [0.25, 0.3) is 0 Å². The van der Waals surface area contributed by atoms with E-state index in [2.05, 4.69) is 41.5 Å². The zero-order valence-electron chi connectivity index (χ0n) is 39.1. The molecule has 0 heteroatoms. The van der Waals surface area contributed by atoms with E-state index in [1.165, 1.54) is 167 Å². The van der Waals surface area contributed by atoms with Gasteiger partial charge in [-0.05, 0) is 78.4 Å². The minimum atomic E-state index is 0. The fraction of sp³-hybridized carbons (Fsp3) is 1.00. The molecule has 0 spiro atoms. The maximum absolute atomic E-state index is 2.47. The van der Waals surface area contributed by atoms with Crippen molar-refractivity contribution in [1.82, 2.24) is 0 Å². The molecule has 0 aliphatic heterocycles. The van der Waals surface area contributed by atoms with E-state index in [1.54, 1.807) is 44.9 Å². The third-order valence-corrected chi connectivity index (χ3v) is 14.7. The van der Waals surface area contributed by atoms with Crippen LogP contribution in [0.15, 0.2) is 0 Å². The topological polar surface area (TPSA) is 0 Å². The van der Waals surface area contributed by atoms with E-state index in [0.717, 1.165) is 59.2 Å². The lowest BCUT2D eigenvalue weighted by atomic mass is 9.72. The summed E-state index contributed by atoms with van der Waals surface area (Å²) in [7, 11) is 0. The highest BCUT2D eigenvalue weighted by atomic mass is 14.4. The third-order valence-electron chi connectivity index (χ3n) is 14.7. The Morgan fingerprint density at radius 2 is 0.389 bits per heavy atom. The summed E-state index contributed by atoms with van der Waals surface area (Å²) in [5, 5.41) is 0. The van der Waals surface area contributed by atoms with Crippen LogP contribution in [0.3, 0.4) is 0 Å². The quantitative estimate of drug-likeness (QED) is 0.263. The van der Waals surface area contributed by atoms with E-state index in [1.807, 2.05) is 27.7 Å². The molecular formula is C54H110. The van der Waals surface area contributed by atoms with Gasteiger partial charge in [0.2, 0.25) is 0 Å². The summed E-state index contributed by atoms with van der Waals surface area (Å²) in [6.45, 7) is 22.5. The van der Waals surface area contributed by atoms with Gasteiger partial charge in [-0.2, -0.15) is 0 Å². The molecule has 0 aromatic heterocycles. The Balaban J connectivity index is 0.000000710. The van der Waals surface area contributed by atoms with Crippen LogP contribution in [0.5, 0.6) is 0 Å². The highest BCUT2D eigenvalue weighted by Crippen LogP contribution is 2.47. The normalized spacial score (nSPS) is 33.2. The van der Waals surface area contributed by atoms with E-state index in [4.69, 9.17) is 0 Å². The van der Waals surface area contributed by atoms with E-state index in [9.17, 15) is 0 Å². The summed E-state index contributed by atoms with van der Waals surface area (Å²) in [6, 6.07) is 0. The Morgan fingerprint density at radius 3 is 0.685 bits per heavy atom. The van der Waals surface area contributed by atoms with Crippen molar-refractivity contribution in [3.8, 4) is 0 Å². The molecule has 2 unspecified atom stereocenters. The van der Waals surface area contributed by atoms with Crippen molar-refractivity contribution in [3.05, 3.63) is 0 Å². The second kappa shape index (κ2) is 36.1. The molecule has 0 N–H and O–H groups in total. The molecule has 0 aromatic rings. The van der Waals surface area contributed by atoms with Gasteiger partial charge in [-0.25, -0.2) is 0 Å². The van der Waals surface area contributed by atoms with Crippen LogP contribution in [0.4, 0.5) is 0 Å². The van der Waals surface area contributed by atoms with E-state index in [0.29, 0.717) is 0 Å². The Labute approximate surface area is 346 Å². The molecule has 0 radical (unpaired) electrons. The fourth-order valence-electron chi connectivity index (χ4n) is 10.8. The lowest BCUT2D eigenvalue weighted by Gasteiger charge is -2.34. The Hall–Kier alpha value is 0. The number of hydrogen-bond acceptors (Lipinski definition) is 0. The first-order valence-electron chi connectivity index (χ1n) is 25.8. The molecule has 2 atom stereocenters. The van der Waals surface area contributed by atoms with Gasteiger partial charge in [-0.1, -0.05) is 269 Å². The SMILES string of the molecule is C.CC.CC.CC1CCCC(C)CCC1.CC1CCCC(C)CCC1.CC1CCCC(C2CCCCCC(C3CC3)C2)CCC1.CC1CCCCCCC1. The molecule has 0 amide bonds. The Bertz CT molecular complexity index is 667. The van der Waals surface area contributed by atoms with E-state index < -0.39 is 0 Å². The minimum absolute atomic E-state index is 0. The summed E-state index contributed by atoms with van der Waals surface area (Å²) >= 11 is 0. The molecule has 6 rings (SSSR count). The molecular weight excluding hydrogens is 649 g/mol. The van der Waals surface area contributed by atoms with Gasteiger partial charge in [-0.3, -0.25) is 0 Å². The molecule has 0 bridgehead atoms. The van der Waals surface area contributed by atoms with Gasteiger partial charge in [0.05, 0.1) is 0 Å². The second-order valence-corrected chi connectivity index (χ2v) is 20.1. The van der Waals surface area contributed by atoms with Crippen molar-refractivity contribution < 1.29 is 0 Å². The first-order valence-corrected chi connectivity index (χ1v) is 25.8. The van der Waals surface area contributed by atoms with Crippen molar-refractivity contribution in [2.75, 3.05) is 0 Å². The predicted molar refractivity (Wildman–Crippen MR) is 251 cm³/mol. The second-order valence-electron chi connectivity index (χ2n) is 20.1. The predicted octanol–water partition coefficient (Wildman–Crippen LogP) is 19.9. The van der Waals surface area contributed by atoms with Gasteiger partial charge in [0.1, 0.15) is 0 Å². The number of rotatable bonds is 2. The lowest BCUT2D eigenvalue weighted by molar-refractivity contribution is 0.173. The molecule has 6 fully saturated rings. The zero-order valence-corrected chi connectivity index (χ0v) is 39.1. The van der Waals surface area contributed by atoms with Crippen LogP contribution in [0.2, 0.25) is 0 Å². The molecule has 0 heterocycles. The molecule has 0 nitrogen and oxygen atoms in total. The first-order chi connectivity index (χ1) is 25.8. The fourth-order valence-corrected chi connectivity index (χ4v) is 10.8. The monoisotopic (exact) mass is 759 g/mol. The van der Waals surface area contributed by atoms with Gasteiger partial charge >= 0.3 is 0 Å². The molecule has 6 saturated carbocycles. The Morgan fingerprint density at radius 1 is 0.204 bits per heavy atom. The lowest BCUT2D eigenvalue weighted by Crippen LogP contribution is -2.22. The smallest absolute Gasteiger partial charge is 0.0383 e. The average molecular weight is 759 g/mol. The van der Waals surface area contributed by atoms with Crippen LogP contribution in [-0.2, 0) is 0 Å². The molecule has 6 aliphatic rings. The van der Waals surface area contributed by atoms with E-state index in [-0.39, 0.29) is 7.43 Å². The van der Waals surface area contributed by atoms with Crippen LogP contribution in [0.25, 0.3) is 0 Å². The van der Waals surface area contributed by atoms with E-state index >= 15 is 0 Å². The summed E-state index contributed by atoms with van der Waals surface area (Å²) < 4.78 is 0. The van der Waals surface area contributed by atoms with Crippen molar-refractivity contribution in [1.29, 1.82) is 0 Å². The highest BCUT2D eigenvalue weighted by Gasteiger charge is 2.35. The van der Waals surface area contributed by atoms with Crippen LogP contribution in [0.1, 0.15) is 289 Å². The van der Waals surface area contributed by atoms with Crippen LogP contribution in [-0.4, -0.2) is 0 Å². The summed E-state index contributed by atoms with van der Waals surface area (Å²) in [5.41, 5.74) is 0. The minimum Gasteiger partial charge on any atom is -0.0776 e. The highest BCUT2D eigenvalue weighted by molar-refractivity contribution is 4.86. The van der Waals surface area contributed by atoms with Crippen LogP contribution < -0.4 is 0 Å². The van der Waals surface area contributed by atoms with Gasteiger partial charge in [0, 0.05) is 0 Å². The van der Waals surface area contributed by atoms with Crippen molar-refractivity contribution >= 4 is 0 Å². The standard InChI is InChI=1S/C20H36.2C10H20.C9H18.2C2H6.CH4/c1-16-7-5-11-17(12-6-8-16)19-9-3-2-4-10-20(15-19)18-13-14-18;2*1-9-5-3-7-10(2)8-4-6-9;1-9-7-5-3-2-4-6-8-9;2*1-2;/h16-20H,2-15H2,1H3;2*9-10H,3-8H2,1-2H3;9H,2-8H2,1H3;2*1-2H3;1H4. The van der Waals surface area contributed by atoms with Gasteiger partial charge < -0.3 is 0 Å². The average Bonchev–Trinajstić information content (AvgIpc) is 3.95. The zero-order chi connectivity index (χ0) is 39.1. The number of hydrogen-bond donors (Lipinski definition) is 0. The van der Waals surface area contributed by atoms with Gasteiger partial charge in [-0.15, -0.1) is 0 Å². The molecule has 0 saturated heterocycles. The third kappa shape index (κ3) is 28.4. The van der Waals surface area contributed by atoms with Crippen molar-refractivity contribution in [2.45, 2.75) is 289 Å². The maximum atomic E-state index is 2.47. The Kier molecular flexibility index (Phi) is 36.1. The van der Waals surface area contributed by atoms with Crippen molar-refractivity contribution in [3.63, 3.8) is 0 Å². The molecule has 6 aliphatic carbocycles. The summed E-state index contributed by atoms with van der Waals surface area (Å²) in [6.07, 6.45) is 49.8. The van der Waals surface area contributed by atoms with Crippen molar-refractivity contribution in [2.24, 2.45) is 59.2 Å². The van der Waals surface area contributed by atoms with Gasteiger partial charge in [0.15, 0.2) is 0 Å². The summed E-state index contributed by atoms with van der Waals surface area (Å²) in [5.74, 6) is 10.5. The van der Waals surface area contributed by atoms with Crippen LogP contribution >= 0.6 is 0 Å². The maximum Gasteiger partial charge on any atom is -0.0383 e. The molecule has 0 aromatic carbocycles. The first kappa shape index (κ1) is 54.0. The largest absolute Gasteiger partial charge is 0.0776 e. The van der Waals surface area contributed by atoms with Crippen LogP contribution in [0, 0.1) is 59.2 Å².